The van der Waals surface area contributed by atoms with Crippen LogP contribution >= 0.6 is 0 Å². The Hall–Kier alpha value is -1.23. The lowest BCUT2D eigenvalue weighted by Gasteiger charge is -2.23. The van der Waals surface area contributed by atoms with Crippen LogP contribution in [0.1, 0.15) is 11.1 Å². The molecule has 1 aromatic carbocycles. The van der Waals surface area contributed by atoms with Gasteiger partial charge in [0.1, 0.15) is 6.54 Å². The highest BCUT2D eigenvalue weighted by atomic mass is 19.4. The lowest BCUT2D eigenvalue weighted by molar-refractivity contribution is -0.119. The van der Waals surface area contributed by atoms with E-state index in [9.17, 15) is 13.2 Å². The number of aliphatic hydroxyl groups excluding tert-OH is 1. The van der Waals surface area contributed by atoms with E-state index >= 15 is 0 Å². The first-order valence-corrected chi connectivity index (χ1v) is 4.82. The highest BCUT2D eigenvalue weighted by molar-refractivity contribution is 5.54. The Labute approximate surface area is 92.3 Å². The first-order valence-electron chi connectivity index (χ1n) is 4.82. The average molecular weight is 233 g/mol. The van der Waals surface area contributed by atoms with Gasteiger partial charge in [-0.25, -0.2) is 0 Å². The molecule has 5 heteroatoms. The van der Waals surface area contributed by atoms with Crippen LogP contribution in [0.2, 0.25) is 0 Å². The normalized spacial score (nSPS) is 11.6. The van der Waals surface area contributed by atoms with Gasteiger partial charge in [0, 0.05) is 18.3 Å². The Morgan fingerprint density at radius 1 is 1.31 bits per heavy atom. The molecule has 0 saturated heterocycles. The maximum Gasteiger partial charge on any atom is 0.405 e. The molecular weight excluding hydrogens is 219 g/mol. The molecule has 0 fully saturated rings. The van der Waals surface area contributed by atoms with Gasteiger partial charge in [0.15, 0.2) is 0 Å². The lowest BCUT2D eigenvalue weighted by atomic mass is 10.1. The molecule has 0 heterocycles. The zero-order valence-corrected chi connectivity index (χ0v) is 9.17. The number of alkyl halides is 3. The molecular formula is C11H14F3NO. The van der Waals surface area contributed by atoms with Crippen molar-refractivity contribution >= 4 is 5.69 Å². The van der Waals surface area contributed by atoms with Gasteiger partial charge >= 0.3 is 6.18 Å². The molecule has 2 nitrogen and oxygen atoms in total. The SMILES string of the molecule is Cc1ccc(N(C)CC(F)(F)F)c(CO)c1. The number of benzene rings is 1. The van der Waals surface area contributed by atoms with Crippen LogP contribution in [0, 0.1) is 6.92 Å². The first-order chi connectivity index (χ1) is 7.33. The molecule has 0 bridgehead atoms. The van der Waals surface area contributed by atoms with Gasteiger partial charge in [-0.15, -0.1) is 0 Å². The van der Waals surface area contributed by atoms with Crippen LogP contribution in [0.3, 0.4) is 0 Å². The molecule has 16 heavy (non-hydrogen) atoms. The van der Waals surface area contributed by atoms with Crippen molar-refractivity contribution in [3.8, 4) is 0 Å². The van der Waals surface area contributed by atoms with Crippen molar-refractivity contribution in [2.45, 2.75) is 19.7 Å². The summed E-state index contributed by atoms with van der Waals surface area (Å²) in [5.41, 5.74) is 1.82. The molecule has 0 saturated carbocycles. The Balaban J connectivity index is 2.94. The third-order valence-corrected chi connectivity index (χ3v) is 2.23. The highest BCUT2D eigenvalue weighted by Gasteiger charge is 2.29. The third-order valence-electron chi connectivity index (χ3n) is 2.23. The number of hydrogen-bond acceptors (Lipinski definition) is 2. The van der Waals surface area contributed by atoms with E-state index < -0.39 is 12.7 Å². The standard InChI is InChI=1S/C11H14F3NO/c1-8-3-4-10(9(5-8)6-16)15(2)7-11(12,13)14/h3-5,16H,6-7H2,1-2H3. The average Bonchev–Trinajstić information content (AvgIpc) is 2.14. The fourth-order valence-corrected chi connectivity index (χ4v) is 1.57. The van der Waals surface area contributed by atoms with Gasteiger partial charge < -0.3 is 10.0 Å². The van der Waals surface area contributed by atoms with E-state index in [0.29, 0.717) is 11.3 Å². The van der Waals surface area contributed by atoms with E-state index in [4.69, 9.17) is 5.11 Å². The van der Waals surface area contributed by atoms with Crippen LogP contribution in [0.25, 0.3) is 0 Å². The number of nitrogens with zero attached hydrogens (tertiary/aromatic N) is 1. The molecule has 0 aliphatic heterocycles. The quantitative estimate of drug-likeness (QED) is 0.867. The molecule has 0 radical (unpaired) electrons. The number of aliphatic hydroxyl groups is 1. The van der Waals surface area contributed by atoms with Crippen molar-refractivity contribution in [1.82, 2.24) is 0 Å². The number of aryl methyl sites for hydroxylation is 1. The Bertz CT molecular complexity index is 363. The first kappa shape index (κ1) is 12.8. The van der Waals surface area contributed by atoms with E-state index in [0.717, 1.165) is 10.5 Å². The number of rotatable bonds is 3. The van der Waals surface area contributed by atoms with Gasteiger partial charge in [0.25, 0.3) is 0 Å². The molecule has 1 N–H and O–H groups in total. The Morgan fingerprint density at radius 2 is 1.94 bits per heavy atom. The maximum atomic E-state index is 12.2. The van der Waals surface area contributed by atoms with Crippen molar-refractivity contribution < 1.29 is 18.3 Å². The minimum Gasteiger partial charge on any atom is -0.392 e. The van der Waals surface area contributed by atoms with Gasteiger partial charge in [0.2, 0.25) is 0 Å². The van der Waals surface area contributed by atoms with E-state index in [2.05, 4.69) is 0 Å². The molecule has 1 rings (SSSR count). The van der Waals surface area contributed by atoms with E-state index in [1.807, 2.05) is 6.92 Å². The number of hydrogen-bond donors (Lipinski definition) is 1. The third kappa shape index (κ3) is 3.41. The summed E-state index contributed by atoms with van der Waals surface area (Å²) in [6.45, 7) is 0.537. The number of anilines is 1. The highest BCUT2D eigenvalue weighted by Crippen LogP contribution is 2.24. The summed E-state index contributed by atoms with van der Waals surface area (Å²) in [4.78, 5) is 1.09. The molecule has 0 aliphatic rings. The van der Waals surface area contributed by atoms with Gasteiger partial charge in [-0.2, -0.15) is 13.2 Å². The van der Waals surface area contributed by atoms with E-state index in [1.165, 1.54) is 7.05 Å². The fourth-order valence-electron chi connectivity index (χ4n) is 1.57. The Morgan fingerprint density at radius 3 is 2.44 bits per heavy atom. The largest absolute Gasteiger partial charge is 0.405 e. The van der Waals surface area contributed by atoms with Gasteiger partial charge in [-0.05, 0) is 13.0 Å². The number of halogens is 3. The summed E-state index contributed by atoms with van der Waals surface area (Å²) in [6, 6.07) is 5.00. The smallest absolute Gasteiger partial charge is 0.392 e. The topological polar surface area (TPSA) is 23.5 Å². The summed E-state index contributed by atoms with van der Waals surface area (Å²) in [5, 5.41) is 9.08. The van der Waals surface area contributed by atoms with E-state index in [1.54, 1.807) is 18.2 Å². The van der Waals surface area contributed by atoms with Crippen molar-refractivity contribution in [2.75, 3.05) is 18.5 Å². The fraction of sp³-hybridized carbons (Fsp3) is 0.455. The maximum absolute atomic E-state index is 12.2. The summed E-state index contributed by atoms with van der Waals surface area (Å²) in [6.07, 6.45) is -4.24. The zero-order chi connectivity index (χ0) is 12.3. The summed E-state index contributed by atoms with van der Waals surface area (Å²) < 4.78 is 36.6. The lowest BCUT2D eigenvalue weighted by Crippen LogP contribution is -2.31. The van der Waals surface area contributed by atoms with Crippen LogP contribution in [-0.4, -0.2) is 24.9 Å². The Kier molecular flexibility index (Phi) is 3.80. The van der Waals surface area contributed by atoms with Crippen LogP contribution in [-0.2, 0) is 6.61 Å². The van der Waals surface area contributed by atoms with E-state index in [-0.39, 0.29) is 6.61 Å². The second-order valence-corrected chi connectivity index (χ2v) is 3.76. The van der Waals surface area contributed by atoms with Crippen LogP contribution in [0.15, 0.2) is 18.2 Å². The predicted molar refractivity (Wildman–Crippen MR) is 56.4 cm³/mol. The van der Waals surface area contributed by atoms with Gasteiger partial charge in [-0.3, -0.25) is 0 Å². The van der Waals surface area contributed by atoms with Gasteiger partial charge in [0.05, 0.1) is 6.61 Å². The molecule has 0 spiro atoms. The predicted octanol–water partition coefficient (Wildman–Crippen LogP) is 2.49. The molecule has 90 valence electrons. The van der Waals surface area contributed by atoms with Crippen LogP contribution < -0.4 is 4.90 Å². The molecule has 0 aliphatic carbocycles. The minimum atomic E-state index is -4.24. The summed E-state index contributed by atoms with van der Waals surface area (Å²) in [5.74, 6) is 0. The van der Waals surface area contributed by atoms with Crippen LogP contribution in [0.5, 0.6) is 0 Å². The minimum absolute atomic E-state index is 0.265. The molecule has 0 atom stereocenters. The summed E-state index contributed by atoms with van der Waals surface area (Å²) in [7, 11) is 1.36. The second kappa shape index (κ2) is 4.74. The van der Waals surface area contributed by atoms with Crippen molar-refractivity contribution in [3.63, 3.8) is 0 Å². The summed E-state index contributed by atoms with van der Waals surface area (Å²) >= 11 is 0. The molecule has 1 aromatic rings. The molecule has 0 amide bonds. The van der Waals surface area contributed by atoms with Crippen molar-refractivity contribution in [3.05, 3.63) is 29.3 Å². The van der Waals surface area contributed by atoms with Crippen LogP contribution in [0.4, 0.5) is 18.9 Å². The molecule has 0 aromatic heterocycles. The molecule has 0 unspecified atom stereocenters. The second-order valence-electron chi connectivity index (χ2n) is 3.76. The van der Waals surface area contributed by atoms with Gasteiger partial charge in [-0.1, -0.05) is 17.7 Å². The monoisotopic (exact) mass is 233 g/mol. The van der Waals surface area contributed by atoms with Crippen molar-refractivity contribution in [1.29, 1.82) is 0 Å². The van der Waals surface area contributed by atoms with Crippen molar-refractivity contribution in [2.24, 2.45) is 0 Å². The zero-order valence-electron chi connectivity index (χ0n) is 9.17.